The van der Waals surface area contributed by atoms with Gasteiger partial charge in [-0.05, 0) is 19.3 Å². The van der Waals surface area contributed by atoms with E-state index in [4.69, 9.17) is 9.47 Å². The maximum absolute atomic E-state index is 10.6. The molecule has 0 aromatic rings. The lowest BCUT2D eigenvalue weighted by molar-refractivity contribution is -0.250. The summed E-state index contributed by atoms with van der Waals surface area (Å²) in [4.78, 5) is 0. The van der Waals surface area contributed by atoms with E-state index >= 15 is 0 Å². The zero-order valence-electron chi connectivity index (χ0n) is 10.8. The molecule has 1 aliphatic heterocycles. The van der Waals surface area contributed by atoms with Crippen molar-refractivity contribution in [3.05, 3.63) is 0 Å². The van der Waals surface area contributed by atoms with E-state index in [0.29, 0.717) is 12.3 Å². The minimum Gasteiger partial charge on any atom is -0.381 e. The molecule has 2 rings (SSSR count). The lowest BCUT2D eigenvalue weighted by Crippen LogP contribution is -2.42. The SMILES string of the molecule is CO[C@@H]1CCC[C@H]2OC(O)(C(C)(C)C)C[C@@H]12. The van der Waals surface area contributed by atoms with E-state index in [2.05, 4.69) is 0 Å². The van der Waals surface area contributed by atoms with Gasteiger partial charge in [0.15, 0.2) is 5.79 Å². The maximum Gasteiger partial charge on any atom is 0.171 e. The van der Waals surface area contributed by atoms with Gasteiger partial charge in [-0.3, -0.25) is 0 Å². The van der Waals surface area contributed by atoms with Crippen LogP contribution in [0.4, 0.5) is 0 Å². The van der Waals surface area contributed by atoms with Gasteiger partial charge in [-0.2, -0.15) is 0 Å². The van der Waals surface area contributed by atoms with E-state index in [-0.39, 0.29) is 17.6 Å². The number of hydrogen-bond donors (Lipinski definition) is 1. The molecule has 1 saturated carbocycles. The number of fused-ring (bicyclic) bond motifs is 1. The van der Waals surface area contributed by atoms with Gasteiger partial charge in [0.1, 0.15) is 0 Å². The molecule has 1 saturated heterocycles. The molecule has 3 heteroatoms. The van der Waals surface area contributed by atoms with E-state index in [1.54, 1.807) is 7.11 Å². The molecule has 0 spiro atoms. The van der Waals surface area contributed by atoms with Gasteiger partial charge in [0.2, 0.25) is 0 Å². The number of ether oxygens (including phenoxy) is 2. The van der Waals surface area contributed by atoms with Crippen molar-refractivity contribution < 1.29 is 14.6 Å². The van der Waals surface area contributed by atoms with E-state index in [9.17, 15) is 5.11 Å². The molecule has 1 unspecified atom stereocenters. The normalized spacial score (nSPS) is 44.4. The summed E-state index contributed by atoms with van der Waals surface area (Å²) in [5, 5.41) is 10.6. The Morgan fingerprint density at radius 1 is 1.31 bits per heavy atom. The van der Waals surface area contributed by atoms with Gasteiger partial charge in [0.25, 0.3) is 0 Å². The van der Waals surface area contributed by atoms with Crippen LogP contribution < -0.4 is 0 Å². The highest BCUT2D eigenvalue weighted by molar-refractivity contribution is 4.98. The highest BCUT2D eigenvalue weighted by Gasteiger charge is 2.54. The lowest BCUT2D eigenvalue weighted by Gasteiger charge is -2.36. The molecule has 0 aromatic carbocycles. The minimum absolute atomic E-state index is 0.183. The second kappa shape index (κ2) is 3.97. The van der Waals surface area contributed by atoms with Crippen LogP contribution in [0.2, 0.25) is 0 Å². The first-order chi connectivity index (χ1) is 7.37. The van der Waals surface area contributed by atoms with Crippen LogP contribution in [0.1, 0.15) is 46.5 Å². The van der Waals surface area contributed by atoms with Gasteiger partial charge in [-0.15, -0.1) is 0 Å². The highest BCUT2D eigenvalue weighted by Crippen LogP contribution is 2.49. The summed E-state index contributed by atoms with van der Waals surface area (Å²) >= 11 is 0. The fraction of sp³-hybridized carbons (Fsp3) is 1.00. The Morgan fingerprint density at radius 3 is 2.56 bits per heavy atom. The Labute approximate surface area is 98.1 Å². The number of hydrogen-bond acceptors (Lipinski definition) is 3. The average molecular weight is 228 g/mol. The summed E-state index contributed by atoms with van der Waals surface area (Å²) < 4.78 is 11.4. The molecule has 0 radical (unpaired) electrons. The first-order valence-corrected chi connectivity index (χ1v) is 6.30. The van der Waals surface area contributed by atoms with Crippen LogP contribution in [0, 0.1) is 11.3 Å². The van der Waals surface area contributed by atoms with Gasteiger partial charge in [0, 0.05) is 24.9 Å². The average Bonchev–Trinajstić information content (AvgIpc) is 2.54. The van der Waals surface area contributed by atoms with Gasteiger partial charge in [0.05, 0.1) is 12.2 Å². The van der Waals surface area contributed by atoms with Crippen molar-refractivity contribution in [2.45, 2.75) is 64.4 Å². The van der Waals surface area contributed by atoms with Crippen molar-refractivity contribution in [1.29, 1.82) is 0 Å². The molecule has 16 heavy (non-hydrogen) atoms. The molecule has 0 amide bonds. The Kier molecular flexibility index (Phi) is 3.06. The van der Waals surface area contributed by atoms with Crippen LogP contribution in [0.5, 0.6) is 0 Å². The Morgan fingerprint density at radius 2 is 2.00 bits per heavy atom. The molecule has 94 valence electrons. The van der Waals surface area contributed by atoms with Gasteiger partial charge >= 0.3 is 0 Å². The quantitative estimate of drug-likeness (QED) is 0.748. The summed E-state index contributed by atoms with van der Waals surface area (Å²) in [7, 11) is 1.77. The van der Waals surface area contributed by atoms with Crippen molar-refractivity contribution in [2.75, 3.05) is 7.11 Å². The minimum atomic E-state index is -0.983. The standard InChI is InChI=1S/C13H24O3/c1-12(2,3)13(14)8-9-10(15-4)6-5-7-11(9)16-13/h9-11,14H,5-8H2,1-4H3/t9-,10+,11+,13?/m0/s1. The summed E-state index contributed by atoms with van der Waals surface area (Å²) in [6, 6.07) is 0. The maximum atomic E-state index is 10.6. The number of rotatable bonds is 1. The zero-order chi connectivity index (χ0) is 12.0. The van der Waals surface area contributed by atoms with E-state index in [1.807, 2.05) is 20.8 Å². The van der Waals surface area contributed by atoms with Gasteiger partial charge in [-0.1, -0.05) is 20.8 Å². The third-order valence-electron chi connectivity index (χ3n) is 4.27. The predicted molar refractivity (Wildman–Crippen MR) is 62.0 cm³/mol. The van der Waals surface area contributed by atoms with Crippen LogP contribution in [0.25, 0.3) is 0 Å². The molecule has 0 aromatic heterocycles. The summed E-state index contributed by atoms with van der Waals surface area (Å²) in [6.45, 7) is 6.10. The van der Waals surface area contributed by atoms with Crippen molar-refractivity contribution in [1.82, 2.24) is 0 Å². The molecular formula is C13H24O3. The number of methoxy groups -OCH3 is 1. The largest absolute Gasteiger partial charge is 0.381 e. The number of aliphatic hydroxyl groups is 1. The molecule has 2 fully saturated rings. The molecule has 1 heterocycles. The second-order valence-corrected chi connectivity index (χ2v) is 6.26. The smallest absolute Gasteiger partial charge is 0.171 e. The molecule has 0 bridgehead atoms. The zero-order valence-corrected chi connectivity index (χ0v) is 10.8. The van der Waals surface area contributed by atoms with Gasteiger partial charge < -0.3 is 14.6 Å². The van der Waals surface area contributed by atoms with Crippen molar-refractivity contribution >= 4 is 0 Å². The highest BCUT2D eigenvalue weighted by atomic mass is 16.6. The van der Waals surface area contributed by atoms with Crippen LogP contribution >= 0.6 is 0 Å². The molecule has 3 nitrogen and oxygen atoms in total. The Hall–Kier alpha value is -0.120. The summed E-state index contributed by atoms with van der Waals surface area (Å²) in [5.41, 5.74) is -0.234. The molecular weight excluding hydrogens is 204 g/mol. The monoisotopic (exact) mass is 228 g/mol. The van der Waals surface area contributed by atoms with E-state index < -0.39 is 5.79 Å². The summed E-state index contributed by atoms with van der Waals surface area (Å²) in [6.07, 6.45) is 4.45. The first-order valence-electron chi connectivity index (χ1n) is 6.30. The van der Waals surface area contributed by atoms with E-state index in [0.717, 1.165) is 19.3 Å². The fourth-order valence-corrected chi connectivity index (χ4v) is 2.99. The first kappa shape index (κ1) is 12.3. The van der Waals surface area contributed by atoms with Crippen LogP contribution in [0.3, 0.4) is 0 Å². The lowest BCUT2D eigenvalue weighted by atomic mass is 9.77. The Bertz CT molecular complexity index is 258. The van der Waals surface area contributed by atoms with Crippen molar-refractivity contribution in [3.63, 3.8) is 0 Å². The van der Waals surface area contributed by atoms with Gasteiger partial charge in [-0.25, -0.2) is 0 Å². The van der Waals surface area contributed by atoms with Crippen LogP contribution in [-0.4, -0.2) is 30.2 Å². The Balaban J connectivity index is 2.15. The van der Waals surface area contributed by atoms with Crippen molar-refractivity contribution in [2.24, 2.45) is 11.3 Å². The third-order valence-corrected chi connectivity index (χ3v) is 4.27. The molecule has 4 atom stereocenters. The topological polar surface area (TPSA) is 38.7 Å². The molecule has 2 aliphatic rings. The molecule has 1 N–H and O–H groups in total. The third kappa shape index (κ3) is 1.89. The fourth-order valence-electron chi connectivity index (χ4n) is 2.99. The molecule has 1 aliphatic carbocycles. The van der Waals surface area contributed by atoms with Crippen molar-refractivity contribution in [3.8, 4) is 0 Å². The van der Waals surface area contributed by atoms with Crippen LogP contribution in [-0.2, 0) is 9.47 Å². The second-order valence-electron chi connectivity index (χ2n) is 6.26. The predicted octanol–water partition coefficient (Wildman–Crippen LogP) is 2.33. The van der Waals surface area contributed by atoms with E-state index in [1.165, 1.54) is 0 Å². The summed E-state index contributed by atoms with van der Waals surface area (Å²) in [5.74, 6) is -0.619. The van der Waals surface area contributed by atoms with Crippen LogP contribution in [0.15, 0.2) is 0 Å².